The summed E-state index contributed by atoms with van der Waals surface area (Å²) in [5, 5.41) is 3.36. The van der Waals surface area contributed by atoms with Crippen molar-refractivity contribution in [2.75, 3.05) is 7.11 Å². The van der Waals surface area contributed by atoms with Crippen LogP contribution in [0.4, 0.5) is 0 Å². The molecule has 0 radical (unpaired) electrons. The number of methoxy groups -OCH3 is 1. The highest BCUT2D eigenvalue weighted by Crippen LogP contribution is 2.25. The maximum atomic E-state index is 6.00. The van der Waals surface area contributed by atoms with E-state index in [2.05, 4.69) is 26.2 Å². The number of hydrogen-bond donors (Lipinski definition) is 2. The van der Waals surface area contributed by atoms with E-state index in [1.54, 1.807) is 7.11 Å². The van der Waals surface area contributed by atoms with E-state index in [0.29, 0.717) is 18.5 Å². The molecule has 0 aromatic heterocycles. The van der Waals surface area contributed by atoms with Gasteiger partial charge in [0.05, 0.1) is 18.1 Å². The van der Waals surface area contributed by atoms with Crippen LogP contribution in [0.3, 0.4) is 0 Å². The van der Waals surface area contributed by atoms with Crippen LogP contribution in [0.1, 0.15) is 44.1 Å². The minimum absolute atomic E-state index is 0. The van der Waals surface area contributed by atoms with Gasteiger partial charge in [0, 0.05) is 6.04 Å². The smallest absolute Gasteiger partial charge is 0.189 e. The molecule has 0 amide bonds. The lowest BCUT2D eigenvalue weighted by Crippen LogP contribution is -2.39. The molecule has 1 aliphatic carbocycles. The van der Waals surface area contributed by atoms with Gasteiger partial charge in [0.2, 0.25) is 0 Å². The normalized spacial score (nSPS) is 16.5. The molecule has 1 fully saturated rings. The molecule has 0 heterocycles. The molecular formula is C16H25BrIN3O. The van der Waals surface area contributed by atoms with Crippen LogP contribution in [0.15, 0.2) is 27.7 Å². The van der Waals surface area contributed by atoms with Gasteiger partial charge in [-0.3, -0.25) is 0 Å². The number of ether oxygens (including phenoxy) is 1. The Hall–Kier alpha value is -0.500. The van der Waals surface area contributed by atoms with Gasteiger partial charge >= 0.3 is 0 Å². The molecule has 0 spiro atoms. The van der Waals surface area contributed by atoms with E-state index in [1.165, 1.54) is 38.5 Å². The zero-order valence-corrected chi connectivity index (χ0v) is 16.9. The Morgan fingerprint density at radius 2 is 2.00 bits per heavy atom. The fraction of sp³-hybridized carbons (Fsp3) is 0.562. The zero-order chi connectivity index (χ0) is 15.1. The Morgan fingerprint density at radius 1 is 1.32 bits per heavy atom. The van der Waals surface area contributed by atoms with Crippen LogP contribution in [0.5, 0.6) is 5.75 Å². The van der Waals surface area contributed by atoms with Gasteiger partial charge in [-0.15, -0.1) is 24.0 Å². The first-order valence-corrected chi connectivity index (χ1v) is 8.37. The van der Waals surface area contributed by atoms with Gasteiger partial charge in [0.15, 0.2) is 5.96 Å². The Labute approximate surface area is 158 Å². The fourth-order valence-corrected chi connectivity index (χ4v) is 3.25. The molecule has 0 atom stereocenters. The summed E-state index contributed by atoms with van der Waals surface area (Å²) < 4.78 is 6.16. The van der Waals surface area contributed by atoms with E-state index >= 15 is 0 Å². The third-order valence-electron chi connectivity index (χ3n) is 3.86. The number of nitrogens with zero attached hydrogens (tertiary/aromatic N) is 1. The van der Waals surface area contributed by atoms with Gasteiger partial charge in [-0.2, -0.15) is 0 Å². The molecule has 124 valence electrons. The maximum absolute atomic E-state index is 6.00. The quantitative estimate of drug-likeness (QED) is 0.293. The predicted octanol–water partition coefficient (Wildman–Crippen LogP) is 4.20. The van der Waals surface area contributed by atoms with Gasteiger partial charge in [-0.05, 0) is 46.5 Å². The molecule has 0 bridgehead atoms. The second-order valence-electron chi connectivity index (χ2n) is 5.50. The highest BCUT2D eigenvalue weighted by atomic mass is 127. The van der Waals surface area contributed by atoms with Crippen molar-refractivity contribution in [1.82, 2.24) is 5.32 Å². The van der Waals surface area contributed by atoms with Crippen molar-refractivity contribution >= 4 is 45.9 Å². The summed E-state index contributed by atoms with van der Waals surface area (Å²) >= 11 is 3.48. The summed E-state index contributed by atoms with van der Waals surface area (Å²) in [5.74, 6) is 1.38. The van der Waals surface area contributed by atoms with Crippen molar-refractivity contribution in [2.24, 2.45) is 10.7 Å². The van der Waals surface area contributed by atoms with E-state index < -0.39 is 0 Å². The largest absolute Gasteiger partial charge is 0.496 e. The summed E-state index contributed by atoms with van der Waals surface area (Å²) in [6.45, 7) is 0.578. The van der Waals surface area contributed by atoms with Crippen LogP contribution in [0.25, 0.3) is 0 Å². The Kier molecular flexibility index (Phi) is 9.16. The SMILES string of the molecule is COc1ccc(CN=C(N)NC2CCCCCC2)cc1Br.I. The Balaban J connectivity index is 0.00000242. The van der Waals surface area contributed by atoms with E-state index in [1.807, 2.05) is 18.2 Å². The first-order valence-electron chi connectivity index (χ1n) is 7.58. The Bertz CT molecular complexity index is 488. The molecule has 1 saturated carbocycles. The summed E-state index contributed by atoms with van der Waals surface area (Å²) in [6.07, 6.45) is 7.66. The van der Waals surface area contributed by atoms with Crippen LogP contribution < -0.4 is 15.8 Å². The lowest BCUT2D eigenvalue weighted by molar-refractivity contribution is 0.412. The monoisotopic (exact) mass is 481 g/mol. The summed E-state index contributed by atoms with van der Waals surface area (Å²) in [5.41, 5.74) is 7.10. The second kappa shape index (κ2) is 10.3. The van der Waals surface area contributed by atoms with Crippen molar-refractivity contribution in [3.05, 3.63) is 28.2 Å². The topological polar surface area (TPSA) is 59.6 Å². The van der Waals surface area contributed by atoms with Crippen molar-refractivity contribution in [3.63, 3.8) is 0 Å². The van der Waals surface area contributed by atoms with E-state index in [9.17, 15) is 0 Å². The molecule has 6 heteroatoms. The van der Waals surface area contributed by atoms with Gasteiger partial charge < -0.3 is 15.8 Å². The second-order valence-corrected chi connectivity index (χ2v) is 6.36. The van der Waals surface area contributed by atoms with Crippen LogP contribution in [-0.4, -0.2) is 19.1 Å². The first-order chi connectivity index (χ1) is 10.2. The summed E-state index contributed by atoms with van der Waals surface area (Å²) in [7, 11) is 1.66. The minimum atomic E-state index is 0. The van der Waals surface area contributed by atoms with Crippen LogP contribution in [0.2, 0.25) is 0 Å². The minimum Gasteiger partial charge on any atom is -0.496 e. The third kappa shape index (κ3) is 6.32. The van der Waals surface area contributed by atoms with Crippen molar-refractivity contribution in [3.8, 4) is 5.75 Å². The lowest BCUT2D eigenvalue weighted by Gasteiger charge is -2.16. The van der Waals surface area contributed by atoms with Crippen molar-refractivity contribution < 1.29 is 4.74 Å². The predicted molar refractivity (Wildman–Crippen MR) is 106 cm³/mol. The number of aliphatic imine (C=N–C) groups is 1. The lowest BCUT2D eigenvalue weighted by atomic mass is 10.1. The molecule has 1 aromatic carbocycles. The molecule has 0 unspecified atom stereocenters. The van der Waals surface area contributed by atoms with Gasteiger partial charge in [-0.25, -0.2) is 4.99 Å². The molecule has 1 aromatic rings. The van der Waals surface area contributed by atoms with Crippen LogP contribution >= 0.6 is 39.9 Å². The summed E-state index contributed by atoms with van der Waals surface area (Å²) in [6, 6.07) is 6.44. The number of guanidine groups is 1. The van der Waals surface area contributed by atoms with E-state index in [4.69, 9.17) is 10.5 Å². The molecule has 0 saturated heterocycles. The average molecular weight is 482 g/mol. The summed E-state index contributed by atoms with van der Waals surface area (Å²) in [4.78, 5) is 4.44. The number of hydrogen-bond acceptors (Lipinski definition) is 2. The first kappa shape index (κ1) is 19.5. The molecule has 1 aliphatic rings. The van der Waals surface area contributed by atoms with Gasteiger partial charge in [-0.1, -0.05) is 31.7 Å². The van der Waals surface area contributed by atoms with Crippen LogP contribution in [-0.2, 0) is 6.54 Å². The third-order valence-corrected chi connectivity index (χ3v) is 4.48. The molecule has 0 aliphatic heterocycles. The van der Waals surface area contributed by atoms with Gasteiger partial charge in [0.25, 0.3) is 0 Å². The standard InChI is InChI=1S/C16H24BrN3O.HI/c1-21-15-9-8-12(10-14(15)17)11-19-16(18)20-13-6-4-2-3-5-7-13;/h8-10,13H,2-7,11H2,1H3,(H3,18,19,20);1H. The van der Waals surface area contributed by atoms with E-state index in [-0.39, 0.29) is 24.0 Å². The molecular weight excluding hydrogens is 457 g/mol. The molecule has 2 rings (SSSR count). The molecule has 22 heavy (non-hydrogen) atoms. The van der Waals surface area contributed by atoms with Crippen molar-refractivity contribution in [2.45, 2.75) is 51.1 Å². The molecule has 3 N–H and O–H groups in total. The fourth-order valence-electron chi connectivity index (χ4n) is 2.66. The number of halogens is 2. The molecule has 4 nitrogen and oxygen atoms in total. The number of benzene rings is 1. The highest BCUT2D eigenvalue weighted by Gasteiger charge is 2.12. The number of rotatable bonds is 4. The average Bonchev–Trinajstić information content (AvgIpc) is 2.74. The van der Waals surface area contributed by atoms with E-state index in [0.717, 1.165) is 15.8 Å². The Morgan fingerprint density at radius 3 is 2.59 bits per heavy atom. The maximum Gasteiger partial charge on any atom is 0.189 e. The van der Waals surface area contributed by atoms with Crippen LogP contribution in [0, 0.1) is 0 Å². The zero-order valence-electron chi connectivity index (χ0n) is 13.0. The van der Waals surface area contributed by atoms with Gasteiger partial charge in [0.1, 0.15) is 5.75 Å². The highest BCUT2D eigenvalue weighted by molar-refractivity contribution is 14.0. The number of nitrogens with one attached hydrogen (secondary N) is 1. The number of nitrogens with two attached hydrogens (primary N) is 1. The van der Waals surface area contributed by atoms with Crippen molar-refractivity contribution in [1.29, 1.82) is 0 Å².